The molecule has 0 aliphatic carbocycles. The Morgan fingerprint density at radius 2 is 1.61 bits per heavy atom. The Kier molecular flexibility index (Phi) is 10.7. The second kappa shape index (κ2) is 12.2. The molecule has 1 atom stereocenters. The average Bonchev–Trinajstić information content (AvgIpc) is 2.67. The summed E-state index contributed by atoms with van der Waals surface area (Å²) in [5, 5.41) is 6.02. The van der Waals surface area contributed by atoms with Gasteiger partial charge in [0.2, 0.25) is 5.75 Å². The molecule has 0 bridgehead atoms. The molecule has 1 aromatic carbocycles. The highest BCUT2D eigenvalue weighted by molar-refractivity contribution is 5.90. The first kappa shape index (κ1) is 24.6. The molecule has 7 nitrogen and oxygen atoms in total. The Morgan fingerprint density at radius 1 is 1.04 bits per heavy atom. The van der Waals surface area contributed by atoms with Crippen LogP contribution in [0.2, 0.25) is 0 Å². The van der Waals surface area contributed by atoms with E-state index in [-0.39, 0.29) is 36.0 Å². The van der Waals surface area contributed by atoms with Crippen molar-refractivity contribution < 1.29 is 47.9 Å². The smallest absolute Gasteiger partial charge is 0.319 e. The van der Waals surface area contributed by atoms with E-state index in [2.05, 4.69) is 24.5 Å². The summed E-state index contributed by atoms with van der Waals surface area (Å²) >= 11 is 0. The first-order chi connectivity index (χ1) is 13.0. The predicted molar refractivity (Wildman–Crippen MR) is 106 cm³/mol. The fourth-order valence-corrected chi connectivity index (χ4v) is 3.51. The first-order valence-corrected chi connectivity index (χ1v) is 9.69. The van der Waals surface area contributed by atoms with Gasteiger partial charge in [-0.25, -0.2) is 4.79 Å². The molecule has 1 unspecified atom stereocenters. The number of piperidine rings is 1. The lowest BCUT2D eigenvalue weighted by molar-refractivity contribution is -0.906. The first-order valence-electron chi connectivity index (χ1n) is 9.69. The number of hydrogen-bond acceptors (Lipinski definition) is 4. The van der Waals surface area contributed by atoms with Crippen LogP contribution in [0.5, 0.6) is 17.2 Å². The van der Waals surface area contributed by atoms with Crippen LogP contribution in [-0.2, 0) is 0 Å². The van der Waals surface area contributed by atoms with E-state index in [9.17, 15) is 4.79 Å². The van der Waals surface area contributed by atoms with E-state index in [1.54, 1.807) is 38.4 Å². The van der Waals surface area contributed by atoms with Crippen molar-refractivity contribution in [3.63, 3.8) is 0 Å². The van der Waals surface area contributed by atoms with Crippen LogP contribution in [0.3, 0.4) is 0 Å². The molecule has 8 heteroatoms. The van der Waals surface area contributed by atoms with Crippen LogP contribution < -0.4 is 53.7 Å². The van der Waals surface area contributed by atoms with E-state index in [4.69, 9.17) is 14.2 Å². The number of nitrogens with one attached hydrogen (secondary N) is 3. The third kappa shape index (κ3) is 6.88. The van der Waals surface area contributed by atoms with E-state index >= 15 is 0 Å². The number of anilines is 1. The quantitative estimate of drug-likeness (QED) is 0.392. The van der Waals surface area contributed by atoms with Gasteiger partial charge in [-0.15, -0.1) is 0 Å². The molecule has 0 aromatic heterocycles. The molecule has 1 aliphatic rings. The molecule has 1 saturated heterocycles. The zero-order chi connectivity index (χ0) is 19.8. The summed E-state index contributed by atoms with van der Waals surface area (Å²) in [6.07, 6.45) is 3.88. The fraction of sp³-hybridized carbons (Fsp3) is 0.650. The summed E-state index contributed by atoms with van der Waals surface area (Å²) < 4.78 is 16.0. The van der Waals surface area contributed by atoms with Crippen molar-refractivity contribution in [3.8, 4) is 17.2 Å². The summed E-state index contributed by atoms with van der Waals surface area (Å²) in [4.78, 5) is 14.2. The predicted octanol–water partition coefficient (Wildman–Crippen LogP) is -1.07. The number of ether oxygens (including phenoxy) is 3. The molecular weight excluding hydrogens is 473 g/mol. The molecule has 28 heavy (non-hydrogen) atoms. The van der Waals surface area contributed by atoms with Crippen LogP contribution in [0.25, 0.3) is 0 Å². The van der Waals surface area contributed by atoms with Crippen molar-refractivity contribution in [1.82, 2.24) is 5.32 Å². The normalized spacial score (nSPS) is 15.4. The van der Waals surface area contributed by atoms with Crippen LogP contribution in [0.4, 0.5) is 10.5 Å². The molecule has 1 aromatic rings. The van der Waals surface area contributed by atoms with Crippen LogP contribution in [-0.4, -0.2) is 53.0 Å². The number of hydrogen-bond donors (Lipinski definition) is 3. The number of urea groups is 1. The highest BCUT2D eigenvalue weighted by Crippen LogP contribution is 2.39. The average molecular weight is 507 g/mol. The standard InChI is InChI=1S/C20H33N3O4.HI/c1-14(2)16(13-23-9-7-6-8-10-23)22-20(24)21-15-11-17(25-3)19(27-5)18(12-15)26-4;/h11-12,14,16H,6-10,13H2,1-5H3,(H2,21,22,24);1H. The molecule has 3 N–H and O–H groups in total. The number of methoxy groups -OCH3 is 3. The van der Waals surface area contributed by atoms with E-state index in [0.29, 0.717) is 28.9 Å². The van der Waals surface area contributed by atoms with Gasteiger partial charge in [0.25, 0.3) is 0 Å². The van der Waals surface area contributed by atoms with Crippen molar-refractivity contribution in [3.05, 3.63) is 12.1 Å². The highest BCUT2D eigenvalue weighted by Gasteiger charge is 2.24. The van der Waals surface area contributed by atoms with Gasteiger partial charge in [0.15, 0.2) is 11.5 Å². The molecule has 1 fully saturated rings. The Bertz CT molecular complexity index is 596. The zero-order valence-electron chi connectivity index (χ0n) is 17.6. The number of rotatable bonds is 8. The van der Waals surface area contributed by atoms with Gasteiger partial charge in [0.1, 0.15) is 0 Å². The Hall–Kier alpha value is -1.42. The Balaban J connectivity index is 0.00000392. The van der Waals surface area contributed by atoms with Crippen molar-refractivity contribution in [2.24, 2.45) is 5.92 Å². The van der Waals surface area contributed by atoms with Gasteiger partial charge >= 0.3 is 6.03 Å². The number of carbonyl (C=O) groups is 1. The van der Waals surface area contributed by atoms with E-state index in [1.807, 2.05) is 0 Å². The van der Waals surface area contributed by atoms with Crippen LogP contribution in [0.15, 0.2) is 12.1 Å². The molecule has 1 heterocycles. The van der Waals surface area contributed by atoms with Gasteiger partial charge < -0.3 is 53.7 Å². The number of benzene rings is 1. The SMILES string of the molecule is COc1cc(NC(=O)NC(C[NH+]2CCCCC2)C(C)C)cc(OC)c1OC.[I-]. The van der Waals surface area contributed by atoms with Gasteiger partial charge in [0.05, 0.1) is 52.7 Å². The zero-order valence-corrected chi connectivity index (χ0v) is 19.7. The van der Waals surface area contributed by atoms with Crippen molar-refractivity contribution >= 4 is 11.7 Å². The topological polar surface area (TPSA) is 73.3 Å². The molecule has 160 valence electrons. The maximum absolute atomic E-state index is 12.6. The summed E-state index contributed by atoms with van der Waals surface area (Å²) in [7, 11) is 4.66. The third-order valence-electron chi connectivity index (χ3n) is 5.11. The van der Waals surface area contributed by atoms with Crippen molar-refractivity contribution in [1.29, 1.82) is 0 Å². The number of carbonyl (C=O) groups excluding carboxylic acids is 1. The molecule has 2 amide bonds. The Morgan fingerprint density at radius 3 is 2.07 bits per heavy atom. The number of halogens is 1. The fourth-order valence-electron chi connectivity index (χ4n) is 3.51. The molecule has 0 spiro atoms. The second-order valence-corrected chi connectivity index (χ2v) is 7.38. The van der Waals surface area contributed by atoms with Crippen LogP contribution >= 0.6 is 0 Å². The van der Waals surface area contributed by atoms with Crippen LogP contribution in [0.1, 0.15) is 33.1 Å². The van der Waals surface area contributed by atoms with Gasteiger partial charge in [-0.05, 0) is 25.2 Å². The lowest BCUT2D eigenvalue weighted by atomic mass is 10.0. The highest BCUT2D eigenvalue weighted by atomic mass is 127. The molecule has 2 rings (SSSR count). The molecule has 0 radical (unpaired) electrons. The molecular formula is C20H34IN3O4. The molecule has 0 saturated carbocycles. The third-order valence-corrected chi connectivity index (χ3v) is 5.11. The minimum atomic E-state index is -0.223. The maximum atomic E-state index is 12.6. The lowest BCUT2D eigenvalue weighted by Gasteiger charge is -2.30. The van der Waals surface area contributed by atoms with Gasteiger partial charge in [-0.1, -0.05) is 13.8 Å². The monoisotopic (exact) mass is 507 g/mol. The minimum Gasteiger partial charge on any atom is -1.00 e. The van der Waals surface area contributed by atoms with E-state index in [1.165, 1.54) is 32.4 Å². The van der Waals surface area contributed by atoms with Gasteiger partial charge in [0, 0.05) is 12.1 Å². The maximum Gasteiger partial charge on any atom is 0.319 e. The van der Waals surface area contributed by atoms with Crippen LogP contribution in [0, 0.1) is 5.92 Å². The summed E-state index contributed by atoms with van der Waals surface area (Å²) in [6.45, 7) is 7.64. The van der Waals surface area contributed by atoms with Gasteiger partial charge in [-0.3, -0.25) is 0 Å². The van der Waals surface area contributed by atoms with Gasteiger partial charge in [-0.2, -0.15) is 0 Å². The second-order valence-electron chi connectivity index (χ2n) is 7.38. The van der Waals surface area contributed by atoms with Crippen molar-refractivity contribution in [2.75, 3.05) is 46.3 Å². The van der Waals surface area contributed by atoms with Crippen molar-refractivity contribution in [2.45, 2.75) is 39.2 Å². The summed E-state index contributed by atoms with van der Waals surface area (Å²) in [5.74, 6) is 1.88. The number of quaternary nitrogens is 1. The lowest BCUT2D eigenvalue weighted by Crippen LogP contribution is -3.14. The van der Waals surface area contributed by atoms with E-state index in [0.717, 1.165) is 6.54 Å². The minimum absolute atomic E-state index is 0. The number of amides is 2. The summed E-state index contributed by atoms with van der Waals surface area (Å²) in [5.41, 5.74) is 0.592. The Labute approximate surface area is 185 Å². The number of likely N-dealkylation sites (tertiary alicyclic amines) is 1. The largest absolute Gasteiger partial charge is 1.00 e. The molecule has 1 aliphatic heterocycles. The summed E-state index contributed by atoms with van der Waals surface area (Å²) in [6, 6.07) is 3.35. The van der Waals surface area contributed by atoms with E-state index < -0.39 is 0 Å².